The molecule has 0 unspecified atom stereocenters. The van der Waals surface area contributed by atoms with E-state index < -0.39 is 0 Å². The molecule has 0 atom stereocenters. The van der Waals surface area contributed by atoms with E-state index >= 15 is 0 Å². The predicted molar refractivity (Wildman–Crippen MR) is 81.1 cm³/mol. The van der Waals surface area contributed by atoms with Crippen LogP contribution in [0.15, 0.2) is 29.2 Å². The second-order valence-electron chi connectivity index (χ2n) is 5.16. The molecule has 0 bridgehead atoms. The molecule has 0 aliphatic carbocycles. The molecule has 3 heterocycles. The van der Waals surface area contributed by atoms with Gasteiger partial charge in [-0.15, -0.1) is 0 Å². The lowest BCUT2D eigenvalue weighted by Crippen LogP contribution is -1.96. The van der Waals surface area contributed by atoms with Crippen molar-refractivity contribution < 1.29 is 4.52 Å². The zero-order chi connectivity index (χ0) is 15.3. The van der Waals surface area contributed by atoms with Gasteiger partial charge in [-0.25, -0.2) is 4.98 Å². The SMILES string of the molecule is Cc1cc2nc(C)c3[nH]cnc3c2c(-c2ccon2)c1C#N. The number of aromatic amines is 1. The van der Waals surface area contributed by atoms with Crippen molar-refractivity contribution in [2.45, 2.75) is 13.8 Å². The molecule has 106 valence electrons. The maximum Gasteiger partial charge on any atom is 0.124 e. The number of nitrogens with zero attached hydrogens (tertiary/aromatic N) is 4. The summed E-state index contributed by atoms with van der Waals surface area (Å²) in [5.74, 6) is 0. The summed E-state index contributed by atoms with van der Waals surface area (Å²) in [7, 11) is 0. The zero-order valence-electron chi connectivity index (χ0n) is 12.0. The van der Waals surface area contributed by atoms with E-state index in [0.717, 1.165) is 38.8 Å². The Hall–Kier alpha value is -3.20. The Morgan fingerprint density at radius 1 is 1.32 bits per heavy atom. The highest BCUT2D eigenvalue weighted by Gasteiger charge is 2.20. The second-order valence-corrected chi connectivity index (χ2v) is 5.16. The lowest BCUT2D eigenvalue weighted by Gasteiger charge is -2.10. The van der Waals surface area contributed by atoms with Gasteiger partial charge in [0.05, 0.1) is 28.6 Å². The summed E-state index contributed by atoms with van der Waals surface area (Å²) in [4.78, 5) is 12.2. The van der Waals surface area contributed by atoms with Crippen molar-refractivity contribution >= 4 is 21.9 Å². The minimum Gasteiger partial charge on any atom is -0.364 e. The van der Waals surface area contributed by atoms with Gasteiger partial charge >= 0.3 is 0 Å². The van der Waals surface area contributed by atoms with Crippen LogP contribution in [0.25, 0.3) is 33.2 Å². The van der Waals surface area contributed by atoms with Gasteiger partial charge in [0, 0.05) is 17.0 Å². The van der Waals surface area contributed by atoms with Crippen molar-refractivity contribution in [3.8, 4) is 17.3 Å². The van der Waals surface area contributed by atoms with Crippen LogP contribution in [0.5, 0.6) is 0 Å². The van der Waals surface area contributed by atoms with Crippen molar-refractivity contribution in [2.24, 2.45) is 0 Å². The summed E-state index contributed by atoms with van der Waals surface area (Å²) < 4.78 is 4.97. The molecule has 6 heteroatoms. The second kappa shape index (κ2) is 4.40. The van der Waals surface area contributed by atoms with E-state index in [1.54, 1.807) is 12.4 Å². The molecule has 0 amide bonds. The summed E-state index contributed by atoms with van der Waals surface area (Å²) in [6.45, 7) is 3.83. The Morgan fingerprint density at radius 2 is 2.18 bits per heavy atom. The van der Waals surface area contributed by atoms with Crippen LogP contribution in [0.2, 0.25) is 0 Å². The highest BCUT2D eigenvalue weighted by atomic mass is 16.5. The predicted octanol–water partition coefficient (Wildman–Crippen LogP) is 3.25. The van der Waals surface area contributed by atoms with Crippen molar-refractivity contribution in [1.82, 2.24) is 20.1 Å². The molecule has 4 rings (SSSR count). The Balaban J connectivity index is 2.32. The standard InChI is InChI=1S/C16H11N5O/c1-8-5-12-14(16-15(9(2)20-12)18-7-19-16)13(10(8)6-17)11-3-4-22-21-11/h3-5,7H,1-2H3,(H,18,19). The minimum atomic E-state index is 0.566. The molecular formula is C16H11N5O. The van der Waals surface area contributed by atoms with Crippen LogP contribution in [0.1, 0.15) is 16.8 Å². The molecule has 6 nitrogen and oxygen atoms in total. The molecule has 22 heavy (non-hydrogen) atoms. The van der Waals surface area contributed by atoms with Gasteiger partial charge in [0.1, 0.15) is 23.5 Å². The van der Waals surface area contributed by atoms with E-state index in [4.69, 9.17) is 4.52 Å². The van der Waals surface area contributed by atoms with Gasteiger partial charge in [0.25, 0.3) is 0 Å². The highest BCUT2D eigenvalue weighted by Crippen LogP contribution is 2.36. The third kappa shape index (κ3) is 1.56. The van der Waals surface area contributed by atoms with Crippen LogP contribution in [-0.4, -0.2) is 20.1 Å². The van der Waals surface area contributed by atoms with Gasteiger partial charge < -0.3 is 9.51 Å². The van der Waals surface area contributed by atoms with Gasteiger partial charge in [0.15, 0.2) is 0 Å². The van der Waals surface area contributed by atoms with Crippen molar-refractivity contribution in [2.75, 3.05) is 0 Å². The first-order chi connectivity index (χ1) is 10.7. The Morgan fingerprint density at radius 3 is 2.91 bits per heavy atom. The number of rotatable bonds is 1. The topological polar surface area (TPSA) is 91.4 Å². The third-order valence-electron chi connectivity index (χ3n) is 3.84. The number of hydrogen-bond donors (Lipinski definition) is 1. The first kappa shape index (κ1) is 12.5. The fraction of sp³-hybridized carbons (Fsp3) is 0.125. The molecule has 0 spiro atoms. The van der Waals surface area contributed by atoms with E-state index in [1.807, 2.05) is 19.9 Å². The number of aromatic nitrogens is 4. The summed E-state index contributed by atoms with van der Waals surface area (Å²) in [6.07, 6.45) is 3.13. The Bertz CT molecular complexity index is 1050. The number of aryl methyl sites for hydroxylation is 2. The van der Waals surface area contributed by atoms with Crippen LogP contribution in [-0.2, 0) is 0 Å². The molecule has 0 aliphatic rings. The largest absolute Gasteiger partial charge is 0.364 e. The number of pyridine rings is 1. The zero-order valence-corrected chi connectivity index (χ0v) is 12.0. The number of benzene rings is 1. The molecule has 0 radical (unpaired) electrons. The van der Waals surface area contributed by atoms with E-state index in [2.05, 4.69) is 26.2 Å². The van der Waals surface area contributed by atoms with E-state index in [1.165, 1.54) is 6.26 Å². The van der Waals surface area contributed by atoms with E-state index in [-0.39, 0.29) is 0 Å². The maximum absolute atomic E-state index is 9.58. The molecule has 4 aromatic rings. The maximum atomic E-state index is 9.58. The average molecular weight is 289 g/mol. The van der Waals surface area contributed by atoms with Crippen LogP contribution in [0.3, 0.4) is 0 Å². The van der Waals surface area contributed by atoms with Crippen LogP contribution >= 0.6 is 0 Å². The molecule has 0 saturated heterocycles. The molecule has 1 N–H and O–H groups in total. The summed E-state index contributed by atoms with van der Waals surface area (Å²) in [5, 5.41) is 14.4. The molecular weight excluding hydrogens is 278 g/mol. The van der Waals surface area contributed by atoms with E-state index in [0.29, 0.717) is 11.3 Å². The fourth-order valence-corrected chi connectivity index (χ4v) is 2.87. The number of imidazole rings is 1. The summed E-state index contributed by atoms with van der Waals surface area (Å²) >= 11 is 0. The van der Waals surface area contributed by atoms with Crippen molar-refractivity contribution in [3.63, 3.8) is 0 Å². The first-order valence-electron chi connectivity index (χ1n) is 6.78. The number of nitriles is 1. The van der Waals surface area contributed by atoms with Gasteiger partial charge in [0.2, 0.25) is 0 Å². The smallest absolute Gasteiger partial charge is 0.124 e. The summed E-state index contributed by atoms with van der Waals surface area (Å²) in [6, 6.07) is 5.93. The summed E-state index contributed by atoms with van der Waals surface area (Å²) in [5.41, 5.74) is 6.07. The van der Waals surface area contributed by atoms with Crippen LogP contribution in [0.4, 0.5) is 0 Å². The first-order valence-corrected chi connectivity index (χ1v) is 6.78. The average Bonchev–Trinajstić information content (AvgIpc) is 3.17. The number of hydrogen-bond acceptors (Lipinski definition) is 5. The normalized spacial score (nSPS) is 11.1. The number of fused-ring (bicyclic) bond motifs is 3. The van der Waals surface area contributed by atoms with Gasteiger partial charge in [-0.1, -0.05) is 5.16 Å². The fourth-order valence-electron chi connectivity index (χ4n) is 2.87. The van der Waals surface area contributed by atoms with Crippen LogP contribution in [0, 0.1) is 25.2 Å². The minimum absolute atomic E-state index is 0.566. The Kier molecular flexibility index (Phi) is 2.51. The molecule has 0 saturated carbocycles. The monoisotopic (exact) mass is 289 g/mol. The molecule has 1 aromatic carbocycles. The highest BCUT2D eigenvalue weighted by molar-refractivity contribution is 6.12. The quantitative estimate of drug-likeness (QED) is 0.580. The lowest BCUT2D eigenvalue weighted by atomic mass is 9.94. The number of nitrogens with one attached hydrogen (secondary N) is 1. The molecule has 3 aromatic heterocycles. The molecule has 0 aliphatic heterocycles. The van der Waals surface area contributed by atoms with Gasteiger partial charge in [-0.2, -0.15) is 5.26 Å². The lowest BCUT2D eigenvalue weighted by molar-refractivity contribution is 0.422. The van der Waals surface area contributed by atoms with Crippen molar-refractivity contribution in [3.05, 3.63) is 41.5 Å². The van der Waals surface area contributed by atoms with Gasteiger partial charge in [-0.05, 0) is 25.5 Å². The van der Waals surface area contributed by atoms with Gasteiger partial charge in [-0.3, -0.25) is 4.98 Å². The third-order valence-corrected chi connectivity index (χ3v) is 3.84. The van der Waals surface area contributed by atoms with E-state index in [9.17, 15) is 5.26 Å². The van der Waals surface area contributed by atoms with Crippen molar-refractivity contribution in [1.29, 1.82) is 5.26 Å². The molecule has 0 fully saturated rings. The number of H-pyrrole nitrogens is 1. The Labute approximate surface area is 125 Å². The van der Waals surface area contributed by atoms with Crippen LogP contribution < -0.4 is 0 Å².